The molecule has 0 aliphatic carbocycles. The minimum Gasteiger partial charge on any atom is -0.478 e. The first kappa shape index (κ1) is 15.3. The SMILES string of the molecule is COC(C)CNC(=O)Nc1cc(Cl)cc(C(=O)O)c1. The highest BCUT2D eigenvalue weighted by Crippen LogP contribution is 2.19. The van der Waals surface area contributed by atoms with Crippen molar-refractivity contribution >= 4 is 29.3 Å². The molecule has 0 aliphatic rings. The summed E-state index contributed by atoms with van der Waals surface area (Å²) in [4.78, 5) is 22.4. The van der Waals surface area contributed by atoms with Crippen molar-refractivity contribution in [1.29, 1.82) is 0 Å². The smallest absolute Gasteiger partial charge is 0.335 e. The van der Waals surface area contributed by atoms with E-state index in [1.54, 1.807) is 7.11 Å². The molecular formula is C12H15ClN2O4. The summed E-state index contributed by atoms with van der Waals surface area (Å²) in [5.74, 6) is -1.11. The van der Waals surface area contributed by atoms with Gasteiger partial charge >= 0.3 is 12.0 Å². The van der Waals surface area contributed by atoms with Gasteiger partial charge in [0, 0.05) is 24.4 Å². The molecule has 1 unspecified atom stereocenters. The van der Waals surface area contributed by atoms with E-state index < -0.39 is 12.0 Å². The lowest BCUT2D eigenvalue weighted by Gasteiger charge is -2.12. The number of nitrogens with one attached hydrogen (secondary N) is 2. The standard InChI is InChI=1S/C12H15ClN2O4/c1-7(19-2)6-14-12(18)15-10-4-8(11(16)17)3-9(13)5-10/h3-5,7H,6H2,1-2H3,(H,16,17)(H2,14,15,18). The van der Waals surface area contributed by atoms with E-state index in [2.05, 4.69) is 10.6 Å². The Morgan fingerprint density at radius 2 is 2.11 bits per heavy atom. The Morgan fingerprint density at radius 1 is 1.42 bits per heavy atom. The minimum absolute atomic E-state index is 0.00746. The van der Waals surface area contributed by atoms with Crippen LogP contribution < -0.4 is 10.6 Å². The van der Waals surface area contributed by atoms with Gasteiger partial charge in [0.2, 0.25) is 0 Å². The predicted molar refractivity (Wildman–Crippen MR) is 71.9 cm³/mol. The van der Waals surface area contributed by atoms with E-state index in [0.29, 0.717) is 12.2 Å². The molecule has 0 bridgehead atoms. The van der Waals surface area contributed by atoms with Crippen LogP contribution in [0.1, 0.15) is 17.3 Å². The number of aromatic carboxylic acids is 1. The Labute approximate surface area is 115 Å². The fraction of sp³-hybridized carbons (Fsp3) is 0.333. The number of carbonyl (C=O) groups excluding carboxylic acids is 1. The number of carboxylic acid groups (broad SMARTS) is 1. The Balaban J connectivity index is 2.66. The summed E-state index contributed by atoms with van der Waals surface area (Å²) in [5, 5.41) is 14.2. The summed E-state index contributed by atoms with van der Waals surface area (Å²) < 4.78 is 4.98. The lowest BCUT2D eigenvalue weighted by Crippen LogP contribution is -2.34. The molecule has 1 atom stereocenters. The minimum atomic E-state index is -1.11. The van der Waals surface area contributed by atoms with Gasteiger partial charge < -0.3 is 20.5 Å². The van der Waals surface area contributed by atoms with Gasteiger partial charge in [0.05, 0.1) is 11.7 Å². The fourth-order valence-corrected chi connectivity index (χ4v) is 1.52. The third-order valence-corrected chi connectivity index (χ3v) is 2.57. The molecule has 0 saturated carbocycles. The van der Waals surface area contributed by atoms with Crippen molar-refractivity contribution in [3.05, 3.63) is 28.8 Å². The van der Waals surface area contributed by atoms with Gasteiger partial charge in [-0.1, -0.05) is 11.6 Å². The Bertz CT molecular complexity index is 479. The molecule has 0 fully saturated rings. The van der Waals surface area contributed by atoms with Crippen LogP contribution in [0.15, 0.2) is 18.2 Å². The second-order valence-corrected chi connectivity index (χ2v) is 4.35. The number of hydrogen-bond acceptors (Lipinski definition) is 3. The molecule has 1 aromatic carbocycles. The maximum Gasteiger partial charge on any atom is 0.335 e. The normalized spacial score (nSPS) is 11.7. The molecule has 1 aromatic rings. The molecule has 104 valence electrons. The molecule has 0 spiro atoms. The van der Waals surface area contributed by atoms with Crippen molar-refractivity contribution in [2.45, 2.75) is 13.0 Å². The van der Waals surface area contributed by atoms with Crippen molar-refractivity contribution < 1.29 is 19.4 Å². The van der Waals surface area contributed by atoms with E-state index in [9.17, 15) is 9.59 Å². The highest BCUT2D eigenvalue weighted by Gasteiger charge is 2.09. The zero-order valence-electron chi connectivity index (χ0n) is 10.6. The number of amides is 2. The van der Waals surface area contributed by atoms with Crippen molar-refractivity contribution in [3.8, 4) is 0 Å². The van der Waals surface area contributed by atoms with Crippen LogP contribution in [0.3, 0.4) is 0 Å². The zero-order chi connectivity index (χ0) is 14.4. The summed E-state index contributed by atoms with van der Waals surface area (Å²) in [5.41, 5.74) is 0.320. The molecule has 1 rings (SSSR count). The Kier molecular flexibility index (Phi) is 5.59. The van der Waals surface area contributed by atoms with Gasteiger partial charge in [0.1, 0.15) is 0 Å². The van der Waals surface area contributed by atoms with Crippen LogP contribution in [-0.4, -0.2) is 36.9 Å². The third kappa shape index (κ3) is 5.15. The number of carboxylic acids is 1. The lowest BCUT2D eigenvalue weighted by molar-refractivity contribution is 0.0697. The van der Waals surface area contributed by atoms with Crippen molar-refractivity contribution in [2.24, 2.45) is 0 Å². The molecule has 0 saturated heterocycles. The maximum atomic E-state index is 11.6. The van der Waals surface area contributed by atoms with E-state index in [0.717, 1.165) is 0 Å². The number of halogens is 1. The van der Waals surface area contributed by atoms with Gasteiger partial charge in [0.15, 0.2) is 0 Å². The molecule has 0 radical (unpaired) electrons. The first-order chi connectivity index (χ1) is 8.92. The molecule has 0 heterocycles. The van der Waals surface area contributed by atoms with Crippen LogP contribution in [0.25, 0.3) is 0 Å². The number of methoxy groups -OCH3 is 1. The van der Waals surface area contributed by atoms with Crippen LogP contribution >= 0.6 is 11.6 Å². The van der Waals surface area contributed by atoms with Crippen molar-refractivity contribution in [1.82, 2.24) is 5.32 Å². The lowest BCUT2D eigenvalue weighted by atomic mass is 10.2. The average Bonchev–Trinajstić information content (AvgIpc) is 2.35. The molecule has 6 nitrogen and oxygen atoms in total. The maximum absolute atomic E-state index is 11.6. The number of urea groups is 1. The zero-order valence-corrected chi connectivity index (χ0v) is 11.3. The molecular weight excluding hydrogens is 272 g/mol. The average molecular weight is 287 g/mol. The third-order valence-electron chi connectivity index (χ3n) is 2.36. The van der Waals surface area contributed by atoms with Gasteiger partial charge in [-0.3, -0.25) is 0 Å². The predicted octanol–water partition coefficient (Wildman–Crippen LogP) is 2.19. The first-order valence-corrected chi connectivity index (χ1v) is 5.91. The van der Waals surface area contributed by atoms with Crippen LogP contribution in [0.2, 0.25) is 5.02 Å². The van der Waals surface area contributed by atoms with Crippen LogP contribution in [-0.2, 0) is 4.74 Å². The van der Waals surface area contributed by atoms with E-state index in [-0.39, 0.29) is 16.7 Å². The van der Waals surface area contributed by atoms with E-state index in [1.807, 2.05) is 6.92 Å². The Morgan fingerprint density at radius 3 is 2.68 bits per heavy atom. The number of hydrogen-bond donors (Lipinski definition) is 3. The number of carbonyl (C=O) groups is 2. The number of ether oxygens (including phenoxy) is 1. The molecule has 0 aromatic heterocycles. The van der Waals surface area contributed by atoms with E-state index >= 15 is 0 Å². The summed E-state index contributed by atoms with van der Waals surface area (Å²) in [7, 11) is 1.54. The highest BCUT2D eigenvalue weighted by molar-refractivity contribution is 6.31. The van der Waals surface area contributed by atoms with Crippen LogP contribution in [0.4, 0.5) is 10.5 Å². The van der Waals surface area contributed by atoms with Crippen LogP contribution in [0.5, 0.6) is 0 Å². The molecule has 0 aliphatic heterocycles. The molecule has 7 heteroatoms. The van der Waals surface area contributed by atoms with Crippen LogP contribution in [0, 0.1) is 0 Å². The summed E-state index contributed by atoms with van der Waals surface area (Å²) in [6.07, 6.45) is -0.111. The van der Waals surface area contributed by atoms with Gasteiger partial charge in [-0.25, -0.2) is 9.59 Å². The van der Waals surface area contributed by atoms with Gasteiger partial charge in [-0.05, 0) is 25.1 Å². The first-order valence-electron chi connectivity index (χ1n) is 5.54. The monoisotopic (exact) mass is 286 g/mol. The summed E-state index contributed by atoms with van der Waals surface area (Å²) >= 11 is 5.77. The number of rotatable bonds is 5. The second kappa shape index (κ2) is 6.96. The summed E-state index contributed by atoms with van der Waals surface area (Å²) in [6, 6.07) is 3.64. The Hall–Kier alpha value is -1.79. The van der Waals surface area contributed by atoms with Gasteiger partial charge in [-0.15, -0.1) is 0 Å². The molecule has 2 amide bonds. The largest absolute Gasteiger partial charge is 0.478 e. The number of benzene rings is 1. The van der Waals surface area contributed by atoms with Crippen molar-refractivity contribution in [2.75, 3.05) is 19.0 Å². The quantitative estimate of drug-likeness (QED) is 0.774. The van der Waals surface area contributed by atoms with Crippen molar-refractivity contribution in [3.63, 3.8) is 0 Å². The van der Waals surface area contributed by atoms with E-state index in [4.69, 9.17) is 21.4 Å². The highest BCUT2D eigenvalue weighted by atomic mass is 35.5. The van der Waals surface area contributed by atoms with E-state index in [1.165, 1.54) is 18.2 Å². The summed E-state index contributed by atoms with van der Waals surface area (Å²) in [6.45, 7) is 2.15. The number of anilines is 1. The molecule has 3 N–H and O–H groups in total. The molecule has 19 heavy (non-hydrogen) atoms. The van der Waals surface area contributed by atoms with Gasteiger partial charge in [0.25, 0.3) is 0 Å². The van der Waals surface area contributed by atoms with Gasteiger partial charge in [-0.2, -0.15) is 0 Å². The second-order valence-electron chi connectivity index (χ2n) is 3.92. The fourth-order valence-electron chi connectivity index (χ4n) is 1.28. The topological polar surface area (TPSA) is 87.7 Å².